The molecule has 0 saturated carbocycles. The maximum Gasteiger partial charge on any atom is 0.0579 e. The van der Waals surface area contributed by atoms with Gasteiger partial charge in [-0.15, -0.1) is 0 Å². The van der Waals surface area contributed by atoms with Crippen LogP contribution in [0.15, 0.2) is 0 Å². The summed E-state index contributed by atoms with van der Waals surface area (Å²) in [7, 11) is 0. The summed E-state index contributed by atoms with van der Waals surface area (Å²) in [5.41, 5.74) is 0. The molecule has 0 aromatic heterocycles. The fourth-order valence-electron chi connectivity index (χ4n) is 3.67. The lowest BCUT2D eigenvalue weighted by Crippen LogP contribution is -2.29. The lowest BCUT2D eigenvalue weighted by molar-refractivity contribution is 0.0245. The standard InChI is InChI=1S/C22H46O2S/c1-4-6-7-8-9-10-11-12-13-14-15-16-21(22(23)17-18-25)20(3)19-24-5-2/h20-23,25H,4-19H2,1-3H3. The lowest BCUT2D eigenvalue weighted by atomic mass is 9.83. The number of aliphatic hydroxyl groups is 1. The molecule has 0 aromatic rings. The molecule has 0 bridgehead atoms. The van der Waals surface area contributed by atoms with E-state index < -0.39 is 0 Å². The van der Waals surface area contributed by atoms with E-state index in [1.165, 1.54) is 70.6 Å². The van der Waals surface area contributed by atoms with E-state index in [9.17, 15) is 5.11 Å². The smallest absolute Gasteiger partial charge is 0.0579 e. The Balaban J connectivity index is 3.76. The molecular weight excluding hydrogens is 328 g/mol. The van der Waals surface area contributed by atoms with Crippen LogP contribution in [0.5, 0.6) is 0 Å². The zero-order valence-electron chi connectivity index (χ0n) is 17.3. The largest absolute Gasteiger partial charge is 0.393 e. The van der Waals surface area contributed by atoms with Gasteiger partial charge in [-0.2, -0.15) is 12.6 Å². The highest BCUT2D eigenvalue weighted by Gasteiger charge is 2.24. The van der Waals surface area contributed by atoms with Gasteiger partial charge in [-0.25, -0.2) is 0 Å². The Morgan fingerprint density at radius 2 is 1.32 bits per heavy atom. The van der Waals surface area contributed by atoms with Crippen molar-refractivity contribution < 1.29 is 9.84 Å². The quantitative estimate of drug-likeness (QED) is 0.196. The summed E-state index contributed by atoms with van der Waals surface area (Å²) >= 11 is 4.29. The lowest BCUT2D eigenvalue weighted by Gasteiger charge is -2.28. The molecule has 3 heteroatoms. The number of thiol groups is 1. The third-order valence-electron chi connectivity index (χ3n) is 5.38. The molecule has 1 N–H and O–H groups in total. The van der Waals surface area contributed by atoms with Crippen LogP contribution in [0.2, 0.25) is 0 Å². The van der Waals surface area contributed by atoms with E-state index in [0.717, 1.165) is 31.8 Å². The summed E-state index contributed by atoms with van der Waals surface area (Å²) in [5.74, 6) is 1.55. The van der Waals surface area contributed by atoms with Crippen molar-refractivity contribution in [3.63, 3.8) is 0 Å². The maximum atomic E-state index is 10.4. The van der Waals surface area contributed by atoms with Crippen LogP contribution >= 0.6 is 12.6 Å². The first kappa shape index (κ1) is 25.3. The second kappa shape index (κ2) is 19.0. The molecule has 3 atom stereocenters. The van der Waals surface area contributed by atoms with E-state index in [2.05, 4.69) is 26.5 Å². The van der Waals surface area contributed by atoms with Crippen LogP contribution in [0.3, 0.4) is 0 Å². The van der Waals surface area contributed by atoms with Gasteiger partial charge in [-0.3, -0.25) is 0 Å². The number of ether oxygens (including phenoxy) is 1. The van der Waals surface area contributed by atoms with Gasteiger partial charge in [0.1, 0.15) is 0 Å². The molecule has 0 rings (SSSR count). The van der Waals surface area contributed by atoms with Crippen LogP contribution in [-0.4, -0.2) is 30.2 Å². The Bertz CT molecular complexity index is 260. The zero-order valence-corrected chi connectivity index (χ0v) is 18.2. The van der Waals surface area contributed by atoms with E-state index in [-0.39, 0.29) is 6.10 Å². The molecule has 0 aliphatic rings. The highest BCUT2D eigenvalue weighted by atomic mass is 32.1. The minimum Gasteiger partial charge on any atom is -0.393 e. The monoisotopic (exact) mass is 374 g/mol. The summed E-state index contributed by atoms with van der Waals surface area (Å²) in [5, 5.41) is 10.4. The van der Waals surface area contributed by atoms with Crippen LogP contribution in [-0.2, 0) is 4.74 Å². The molecule has 152 valence electrons. The predicted octanol–water partition coefficient (Wildman–Crippen LogP) is 6.66. The van der Waals surface area contributed by atoms with E-state index in [0.29, 0.717) is 11.8 Å². The summed E-state index contributed by atoms with van der Waals surface area (Å²) in [4.78, 5) is 0. The molecule has 25 heavy (non-hydrogen) atoms. The van der Waals surface area contributed by atoms with E-state index in [1.54, 1.807) is 0 Å². The molecule has 0 amide bonds. The van der Waals surface area contributed by atoms with Crippen LogP contribution in [0.1, 0.15) is 104 Å². The van der Waals surface area contributed by atoms with Gasteiger partial charge in [0.25, 0.3) is 0 Å². The van der Waals surface area contributed by atoms with Crippen molar-refractivity contribution >= 4 is 12.6 Å². The van der Waals surface area contributed by atoms with Crippen molar-refractivity contribution in [2.75, 3.05) is 19.0 Å². The Labute approximate surface area is 163 Å². The van der Waals surface area contributed by atoms with Gasteiger partial charge in [0.2, 0.25) is 0 Å². The van der Waals surface area contributed by atoms with Gasteiger partial charge in [-0.05, 0) is 37.4 Å². The highest BCUT2D eigenvalue weighted by Crippen LogP contribution is 2.26. The van der Waals surface area contributed by atoms with Crippen molar-refractivity contribution in [3.8, 4) is 0 Å². The van der Waals surface area contributed by atoms with E-state index >= 15 is 0 Å². The van der Waals surface area contributed by atoms with Gasteiger partial charge in [0, 0.05) is 13.2 Å². The Kier molecular flexibility index (Phi) is 19.2. The maximum absolute atomic E-state index is 10.4. The van der Waals surface area contributed by atoms with Gasteiger partial charge in [0.15, 0.2) is 0 Å². The number of aliphatic hydroxyl groups excluding tert-OH is 1. The molecule has 0 aromatic carbocycles. The van der Waals surface area contributed by atoms with Crippen molar-refractivity contribution in [1.82, 2.24) is 0 Å². The fourth-order valence-corrected chi connectivity index (χ4v) is 3.94. The second-order valence-electron chi connectivity index (χ2n) is 7.70. The van der Waals surface area contributed by atoms with Crippen molar-refractivity contribution in [2.45, 2.75) is 110 Å². The Morgan fingerprint density at radius 3 is 1.80 bits per heavy atom. The summed E-state index contributed by atoms with van der Waals surface area (Å²) in [6.07, 6.45) is 16.8. The van der Waals surface area contributed by atoms with Crippen LogP contribution in [0.4, 0.5) is 0 Å². The van der Waals surface area contributed by atoms with Gasteiger partial charge >= 0.3 is 0 Å². The molecule has 0 heterocycles. The summed E-state index contributed by atoms with van der Waals surface area (Å²) < 4.78 is 5.58. The number of rotatable bonds is 19. The first-order chi connectivity index (χ1) is 12.2. The third kappa shape index (κ3) is 15.1. The topological polar surface area (TPSA) is 29.5 Å². The molecule has 0 fully saturated rings. The average Bonchev–Trinajstić information content (AvgIpc) is 2.60. The normalized spacial score (nSPS) is 15.2. The highest BCUT2D eigenvalue weighted by molar-refractivity contribution is 7.80. The second-order valence-corrected chi connectivity index (χ2v) is 8.15. The van der Waals surface area contributed by atoms with Crippen molar-refractivity contribution in [1.29, 1.82) is 0 Å². The van der Waals surface area contributed by atoms with Crippen molar-refractivity contribution in [2.24, 2.45) is 11.8 Å². The van der Waals surface area contributed by atoms with Gasteiger partial charge < -0.3 is 9.84 Å². The average molecular weight is 375 g/mol. The van der Waals surface area contributed by atoms with Crippen molar-refractivity contribution in [3.05, 3.63) is 0 Å². The van der Waals surface area contributed by atoms with Crippen LogP contribution < -0.4 is 0 Å². The number of unbranched alkanes of at least 4 members (excludes halogenated alkanes) is 10. The SMILES string of the molecule is CCCCCCCCCCCCCC(C(C)COCC)C(O)CCS. The minimum atomic E-state index is -0.226. The molecule has 0 aliphatic carbocycles. The van der Waals surface area contributed by atoms with Crippen LogP contribution in [0, 0.1) is 11.8 Å². The Morgan fingerprint density at radius 1 is 0.800 bits per heavy atom. The minimum absolute atomic E-state index is 0.226. The van der Waals surface area contributed by atoms with E-state index in [1.807, 2.05) is 6.92 Å². The molecular formula is C22H46O2S. The molecule has 2 nitrogen and oxygen atoms in total. The first-order valence-corrected chi connectivity index (χ1v) is 11.7. The Hall–Kier alpha value is 0.270. The van der Waals surface area contributed by atoms with Crippen LogP contribution in [0.25, 0.3) is 0 Å². The fraction of sp³-hybridized carbons (Fsp3) is 1.00. The van der Waals surface area contributed by atoms with Gasteiger partial charge in [0.05, 0.1) is 6.10 Å². The molecule has 0 radical (unpaired) electrons. The van der Waals surface area contributed by atoms with E-state index in [4.69, 9.17) is 4.74 Å². The summed E-state index contributed by atoms with van der Waals surface area (Å²) in [6.45, 7) is 8.07. The van der Waals surface area contributed by atoms with Gasteiger partial charge in [-0.1, -0.05) is 84.5 Å². The number of hydrogen-bond acceptors (Lipinski definition) is 3. The summed E-state index contributed by atoms with van der Waals surface area (Å²) in [6, 6.07) is 0. The molecule has 0 spiro atoms. The molecule has 0 saturated heterocycles. The number of hydrogen-bond donors (Lipinski definition) is 2. The molecule has 0 aliphatic heterocycles. The molecule has 3 unspecified atom stereocenters. The third-order valence-corrected chi connectivity index (χ3v) is 5.63. The first-order valence-electron chi connectivity index (χ1n) is 11.0. The predicted molar refractivity (Wildman–Crippen MR) is 115 cm³/mol. The zero-order chi connectivity index (χ0) is 18.8.